The van der Waals surface area contributed by atoms with Crippen LogP contribution in [0.5, 0.6) is 0 Å². The molecule has 0 aromatic heterocycles. The van der Waals surface area contributed by atoms with Gasteiger partial charge in [0.05, 0.1) is 22.9 Å². The largest absolute Gasteiger partial charge is 0.522 e. The van der Waals surface area contributed by atoms with Crippen LogP contribution < -0.4 is 5.73 Å². The van der Waals surface area contributed by atoms with Gasteiger partial charge in [-0.3, -0.25) is 4.74 Å². The Labute approximate surface area is 102 Å². The molecule has 0 unspecified atom stereocenters. The van der Waals surface area contributed by atoms with Gasteiger partial charge in [0, 0.05) is 0 Å². The van der Waals surface area contributed by atoms with Gasteiger partial charge in [-0.05, 0) is 24.6 Å². The van der Waals surface area contributed by atoms with E-state index in [1.807, 2.05) is 0 Å². The number of anilines is 1. The van der Waals surface area contributed by atoms with Gasteiger partial charge in [0.1, 0.15) is 0 Å². The van der Waals surface area contributed by atoms with Gasteiger partial charge < -0.3 is 5.73 Å². The van der Waals surface area contributed by atoms with E-state index in [0.717, 1.165) is 5.56 Å². The van der Waals surface area contributed by atoms with Crippen molar-refractivity contribution in [2.45, 2.75) is 18.2 Å². The molecule has 0 atom stereocenters. The number of rotatable bonds is 4. The minimum atomic E-state index is -4.84. The second kappa shape index (κ2) is 5.15. The molecule has 0 fully saturated rings. The first-order chi connectivity index (χ1) is 8.12. The molecule has 4 nitrogen and oxygen atoms in total. The summed E-state index contributed by atoms with van der Waals surface area (Å²) in [6, 6.07) is 4.24. The lowest BCUT2D eigenvalue weighted by atomic mass is 10.2. The number of halogens is 3. The summed E-state index contributed by atoms with van der Waals surface area (Å²) in [4.78, 5) is -0.182. The van der Waals surface area contributed by atoms with E-state index in [-0.39, 0.29) is 10.6 Å². The maximum absolute atomic E-state index is 11.7. The van der Waals surface area contributed by atoms with Gasteiger partial charge in [-0.2, -0.15) is 0 Å². The average Bonchev–Trinajstić information content (AvgIpc) is 2.13. The molecule has 0 bridgehead atoms. The van der Waals surface area contributed by atoms with Crippen LogP contribution in [0.2, 0.25) is 0 Å². The Kier molecular flexibility index (Phi) is 4.23. The third-order valence-corrected chi connectivity index (χ3v) is 3.86. The van der Waals surface area contributed by atoms with Crippen LogP contribution in [0.25, 0.3) is 0 Å². The number of ether oxygens (including phenoxy) is 1. The van der Waals surface area contributed by atoms with Crippen LogP contribution in [0.1, 0.15) is 5.56 Å². The Bertz CT molecular complexity index is 526. The molecule has 0 aliphatic heterocycles. The lowest BCUT2D eigenvalue weighted by Gasteiger charge is -2.10. The average molecular weight is 283 g/mol. The third-order valence-electron chi connectivity index (χ3n) is 2.12. The summed E-state index contributed by atoms with van der Waals surface area (Å²) in [5, 5.41) is 0. The third kappa shape index (κ3) is 4.19. The number of hydrogen-bond donors (Lipinski definition) is 1. The summed E-state index contributed by atoms with van der Waals surface area (Å²) in [5.41, 5.74) is 6.30. The number of hydrogen-bond acceptors (Lipinski definition) is 4. The second-order valence-corrected chi connectivity index (χ2v) is 5.73. The second-order valence-electron chi connectivity index (χ2n) is 3.65. The van der Waals surface area contributed by atoms with Crippen molar-refractivity contribution >= 4 is 15.5 Å². The maximum Gasteiger partial charge on any atom is 0.522 e. The van der Waals surface area contributed by atoms with E-state index in [1.54, 1.807) is 6.92 Å². The van der Waals surface area contributed by atoms with Crippen molar-refractivity contribution in [1.29, 1.82) is 0 Å². The van der Waals surface area contributed by atoms with Crippen LogP contribution in [0.3, 0.4) is 0 Å². The standard InChI is InChI=1S/C10H12F3NO3S/c1-7-2-3-9(8(14)6-7)18(15,16)5-4-17-10(11,12)13/h2-3,6H,4-5,14H2,1H3. The monoisotopic (exact) mass is 283 g/mol. The summed E-state index contributed by atoms with van der Waals surface area (Å²) in [5.74, 6) is -0.778. The molecule has 0 aliphatic carbocycles. The fourth-order valence-corrected chi connectivity index (χ4v) is 2.54. The highest BCUT2D eigenvalue weighted by Crippen LogP contribution is 2.22. The Morgan fingerprint density at radius 2 is 1.94 bits per heavy atom. The summed E-state index contributed by atoms with van der Waals surface area (Å²) in [7, 11) is -3.88. The molecule has 0 heterocycles. The van der Waals surface area contributed by atoms with Crippen molar-refractivity contribution in [1.82, 2.24) is 0 Å². The van der Waals surface area contributed by atoms with Crippen LogP contribution in [0, 0.1) is 6.92 Å². The van der Waals surface area contributed by atoms with E-state index in [2.05, 4.69) is 4.74 Å². The number of nitrogens with two attached hydrogens (primary N) is 1. The van der Waals surface area contributed by atoms with E-state index < -0.39 is 28.6 Å². The highest BCUT2D eigenvalue weighted by Gasteiger charge is 2.30. The fourth-order valence-electron chi connectivity index (χ4n) is 1.33. The molecule has 1 aromatic carbocycles. The van der Waals surface area contributed by atoms with Crippen LogP contribution in [0.4, 0.5) is 18.9 Å². The molecule has 18 heavy (non-hydrogen) atoms. The summed E-state index contributed by atoms with van der Waals surface area (Å²) >= 11 is 0. The fraction of sp³-hybridized carbons (Fsp3) is 0.400. The predicted octanol–water partition coefficient (Wildman–Crippen LogP) is 1.89. The van der Waals surface area contributed by atoms with Gasteiger partial charge >= 0.3 is 6.36 Å². The predicted molar refractivity (Wildman–Crippen MR) is 59.7 cm³/mol. The van der Waals surface area contributed by atoms with Gasteiger partial charge in [-0.25, -0.2) is 8.42 Å². The first-order valence-electron chi connectivity index (χ1n) is 4.91. The SMILES string of the molecule is Cc1ccc(S(=O)(=O)CCOC(F)(F)F)c(N)c1. The van der Waals surface area contributed by atoms with Crippen molar-refractivity contribution < 1.29 is 26.3 Å². The molecule has 0 aliphatic rings. The zero-order valence-electron chi connectivity index (χ0n) is 9.49. The number of aryl methyl sites for hydroxylation is 1. The van der Waals surface area contributed by atoms with E-state index in [0.29, 0.717) is 0 Å². The molecular weight excluding hydrogens is 271 g/mol. The van der Waals surface area contributed by atoms with Crippen molar-refractivity contribution in [3.8, 4) is 0 Å². The van der Waals surface area contributed by atoms with E-state index in [9.17, 15) is 21.6 Å². The highest BCUT2D eigenvalue weighted by molar-refractivity contribution is 7.91. The lowest BCUT2D eigenvalue weighted by Crippen LogP contribution is -2.20. The number of alkyl halides is 3. The lowest BCUT2D eigenvalue weighted by molar-refractivity contribution is -0.322. The van der Waals surface area contributed by atoms with Gasteiger partial charge in [0.25, 0.3) is 0 Å². The summed E-state index contributed by atoms with van der Waals surface area (Å²) in [6.45, 7) is 0.763. The normalized spacial score (nSPS) is 12.7. The molecule has 0 amide bonds. The molecular formula is C10H12F3NO3S. The zero-order valence-corrected chi connectivity index (χ0v) is 10.3. The smallest absolute Gasteiger partial charge is 0.398 e. The van der Waals surface area contributed by atoms with Crippen LogP contribution in [-0.2, 0) is 14.6 Å². The number of nitrogen functional groups attached to an aromatic ring is 1. The van der Waals surface area contributed by atoms with E-state index in [1.165, 1.54) is 18.2 Å². The van der Waals surface area contributed by atoms with Crippen LogP contribution >= 0.6 is 0 Å². The number of benzene rings is 1. The molecule has 1 rings (SSSR count). The van der Waals surface area contributed by atoms with Gasteiger partial charge in [-0.1, -0.05) is 6.07 Å². The highest BCUT2D eigenvalue weighted by atomic mass is 32.2. The molecule has 0 spiro atoms. The molecule has 8 heteroatoms. The zero-order chi connectivity index (χ0) is 14.0. The molecule has 0 saturated heterocycles. The first kappa shape index (κ1) is 14.8. The van der Waals surface area contributed by atoms with E-state index in [4.69, 9.17) is 5.73 Å². The molecule has 0 radical (unpaired) electrons. The van der Waals surface area contributed by atoms with Gasteiger partial charge in [0.15, 0.2) is 9.84 Å². The topological polar surface area (TPSA) is 69.4 Å². The number of sulfone groups is 1. The summed E-state index contributed by atoms with van der Waals surface area (Å²) in [6.07, 6.45) is -4.84. The van der Waals surface area contributed by atoms with Crippen molar-refractivity contribution in [2.24, 2.45) is 0 Å². The van der Waals surface area contributed by atoms with E-state index >= 15 is 0 Å². The maximum atomic E-state index is 11.7. The minimum Gasteiger partial charge on any atom is -0.398 e. The first-order valence-corrected chi connectivity index (χ1v) is 6.56. The molecule has 0 saturated carbocycles. The quantitative estimate of drug-likeness (QED) is 0.857. The van der Waals surface area contributed by atoms with Crippen molar-refractivity contribution in [2.75, 3.05) is 18.1 Å². The molecule has 102 valence electrons. The Balaban J connectivity index is 2.81. The van der Waals surface area contributed by atoms with Gasteiger partial charge in [0.2, 0.25) is 0 Å². The van der Waals surface area contributed by atoms with Gasteiger partial charge in [-0.15, -0.1) is 13.2 Å². The Hall–Kier alpha value is -1.28. The molecule has 1 aromatic rings. The van der Waals surface area contributed by atoms with Crippen molar-refractivity contribution in [3.05, 3.63) is 23.8 Å². The van der Waals surface area contributed by atoms with Crippen molar-refractivity contribution in [3.63, 3.8) is 0 Å². The van der Waals surface area contributed by atoms with Crippen LogP contribution in [0.15, 0.2) is 23.1 Å². The Morgan fingerprint density at radius 1 is 1.33 bits per heavy atom. The molecule has 2 N–H and O–H groups in total. The summed E-state index contributed by atoms with van der Waals surface area (Å²) < 4.78 is 62.0. The Morgan fingerprint density at radius 3 is 2.44 bits per heavy atom. The minimum absolute atomic E-state index is 0.0157. The van der Waals surface area contributed by atoms with Crippen LogP contribution in [-0.4, -0.2) is 27.1 Å².